The molecule has 1 saturated heterocycles. The van der Waals surface area contributed by atoms with E-state index in [1.165, 1.54) is 0 Å². The SMILES string of the molecule is CC1(C)[C@H]2CC[C@]1(CS(=O)(=O)NCC1CCN(S(=O)(=O)C3CC3)CC1)C(=O)C2. The molecule has 0 aromatic rings. The maximum atomic E-state index is 12.8. The van der Waals surface area contributed by atoms with Crippen molar-refractivity contribution in [3.63, 3.8) is 0 Å². The van der Waals surface area contributed by atoms with Crippen LogP contribution in [0.4, 0.5) is 0 Å². The van der Waals surface area contributed by atoms with Gasteiger partial charge in [-0.25, -0.2) is 25.9 Å². The van der Waals surface area contributed by atoms with Gasteiger partial charge in [0, 0.05) is 31.5 Å². The summed E-state index contributed by atoms with van der Waals surface area (Å²) in [4.78, 5) is 12.6. The van der Waals surface area contributed by atoms with E-state index in [0.29, 0.717) is 51.2 Å². The number of rotatable bonds is 7. The van der Waals surface area contributed by atoms with Crippen LogP contribution in [-0.2, 0) is 24.8 Å². The first-order valence-electron chi connectivity index (χ1n) is 10.5. The zero-order valence-corrected chi connectivity index (χ0v) is 18.4. The molecule has 1 aliphatic heterocycles. The Morgan fingerprint density at radius 2 is 1.68 bits per heavy atom. The summed E-state index contributed by atoms with van der Waals surface area (Å²) in [6.45, 7) is 5.36. The zero-order chi connectivity index (χ0) is 20.4. The highest BCUT2D eigenvalue weighted by molar-refractivity contribution is 7.90. The Balaban J connectivity index is 1.32. The molecule has 0 aromatic heterocycles. The van der Waals surface area contributed by atoms with E-state index in [-0.39, 0.29) is 28.1 Å². The van der Waals surface area contributed by atoms with Gasteiger partial charge in [0.2, 0.25) is 20.0 Å². The van der Waals surface area contributed by atoms with Crippen LogP contribution in [0.1, 0.15) is 58.8 Å². The molecule has 0 radical (unpaired) electrons. The normalized spacial score (nSPS) is 34.2. The average molecular weight is 433 g/mol. The lowest BCUT2D eigenvalue weighted by Crippen LogP contribution is -2.47. The van der Waals surface area contributed by atoms with E-state index < -0.39 is 25.5 Å². The summed E-state index contributed by atoms with van der Waals surface area (Å²) in [6.07, 6.45) is 4.98. The van der Waals surface area contributed by atoms with E-state index >= 15 is 0 Å². The second-order valence-corrected chi connectivity index (χ2v) is 13.9. The van der Waals surface area contributed by atoms with Crippen molar-refractivity contribution in [3.05, 3.63) is 0 Å². The van der Waals surface area contributed by atoms with E-state index in [1.807, 2.05) is 13.8 Å². The fourth-order valence-corrected chi connectivity index (χ4v) is 9.46. The minimum Gasteiger partial charge on any atom is -0.299 e. The van der Waals surface area contributed by atoms with Crippen LogP contribution in [0.5, 0.6) is 0 Å². The second kappa shape index (κ2) is 6.75. The van der Waals surface area contributed by atoms with Crippen LogP contribution in [-0.4, -0.2) is 57.6 Å². The molecule has 3 aliphatic carbocycles. The molecule has 0 amide bonds. The van der Waals surface area contributed by atoms with Crippen LogP contribution in [0.15, 0.2) is 0 Å². The van der Waals surface area contributed by atoms with Crippen molar-refractivity contribution in [3.8, 4) is 0 Å². The predicted octanol–water partition coefficient (Wildman–Crippen LogP) is 1.51. The monoisotopic (exact) mass is 432 g/mol. The molecule has 1 heterocycles. The third kappa shape index (κ3) is 3.36. The highest BCUT2D eigenvalue weighted by Gasteiger charge is 2.65. The highest BCUT2D eigenvalue weighted by atomic mass is 32.2. The van der Waals surface area contributed by atoms with Crippen molar-refractivity contribution < 1.29 is 21.6 Å². The number of Topliss-reactive ketones (excluding diaryl/α,β-unsaturated/α-hetero) is 1. The molecule has 0 unspecified atom stereocenters. The van der Waals surface area contributed by atoms with Gasteiger partial charge in [-0.05, 0) is 55.8 Å². The van der Waals surface area contributed by atoms with Gasteiger partial charge in [0.05, 0.1) is 11.0 Å². The Labute approximate surface area is 168 Å². The number of hydrogen-bond acceptors (Lipinski definition) is 5. The smallest absolute Gasteiger partial charge is 0.216 e. The molecule has 28 heavy (non-hydrogen) atoms. The quantitative estimate of drug-likeness (QED) is 0.657. The Morgan fingerprint density at radius 1 is 1.04 bits per heavy atom. The summed E-state index contributed by atoms with van der Waals surface area (Å²) in [7, 11) is -6.70. The number of carbonyl (C=O) groups is 1. The minimum atomic E-state index is -3.56. The number of nitrogens with zero attached hydrogens (tertiary/aromatic N) is 1. The Bertz CT molecular complexity index is 855. The standard InChI is InChI=1S/C19H32N2O5S2/c1-18(2)15-5-8-19(18,17(22)11-15)13-27(23,24)20-12-14-6-9-21(10-7-14)28(25,26)16-3-4-16/h14-16,20H,3-13H2,1-2H3/t15-,19-/m0/s1. The molecule has 4 rings (SSSR count). The van der Waals surface area contributed by atoms with Crippen molar-refractivity contribution in [2.75, 3.05) is 25.4 Å². The fraction of sp³-hybridized carbons (Fsp3) is 0.947. The molecule has 160 valence electrons. The van der Waals surface area contributed by atoms with Crippen LogP contribution < -0.4 is 4.72 Å². The second-order valence-electron chi connectivity index (χ2n) is 9.86. The molecule has 1 N–H and O–H groups in total. The number of carbonyl (C=O) groups excluding carboxylic acids is 1. The molecule has 7 nitrogen and oxygen atoms in total. The molecule has 4 fully saturated rings. The molecule has 3 saturated carbocycles. The number of hydrogen-bond donors (Lipinski definition) is 1. The summed E-state index contributed by atoms with van der Waals surface area (Å²) in [5.41, 5.74) is -1.01. The Kier molecular flexibility index (Phi) is 5.00. The van der Waals surface area contributed by atoms with Crippen molar-refractivity contribution in [1.82, 2.24) is 9.03 Å². The number of nitrogens with one attached hydrogen (secondary N) is 1. The predicted molar refractivity (Wildman–Crippen MR) is 107 cm³/mol. The summed E-state index contributed by atoms with van der Waals surface area (Å²) in [5.74, 6) is 0.434. The Hall–Kier alpha value is -0.510. The summed E-state index contributed by atoms with van der Waals surface area (Å²) < 4.78 is 54.5. The average Bonchev–Trinajstić information content (AvgIpc) is 3.42. The van der Waals surface area contributed by atoms with E-state index in [1.54, 1.807) is 4.31 Å². The lowest BCUT2D eigenvalue weighted by molar-refractivity contribution is -0.128. The van der Waals surface area contributed by atoms with Crippen LogP contribution >= 0.6 is 0 Å². The lowest BCUT2D eigenvalue weighted by atomic mass is 9.70. The zero-order valence-electron chi connectivity index (χ0n) is 16.8. The van der Waals surface area contributed by atoms with Crippen molar-refractivity contribution in [1.29, 1.82) is 0 Å². The number of piperidine rings is 1. The molecule has 2 atom stereocenters. The molecular formula is C19H32N2O5S2. The van der Waals surface area contributed by atoms with E-state index in [9.17, 15) is 21.6 Å². The molecule has 9 heteroatoms. The molecule has 4 aliphatic rings. The first-order chi connectivity index (χ1) is 13.0. The van der Waals surface area contributed by atoms with Gasteiger partial charge in [-0.1, -0.05) is 13.8 Å². The summed E-state index contributed by atoms with van der Waals surface area (Å²) >= 11 is 0. The third-order valence-electron chi connectivity index (χ3n) is 8.05. The first-order valence-corrected chi connectivity index (χ1v) is 13.6. The topological polar surface area (TPSA) is 101 Å². The largest absolute Gasteiger partial charge is 0.299 e. The van der Waals surface area contributed by atoms with Gasteiger partial charge in [-0.2, -0.15) is 0 Å². The molecule has 0 spiro atoms. The van der Waals surface area contributed by atoms with E-state index in [0.717, 1.165) is 19.3 Å². The highest BCUT2D eigenvalue weighted by Crippen LogP contribution is 2.64. The van der Waals surface area contributed by atoms with Gasteiger partial charge < -0.3 is 0 Å². The number of fused-ring (bicyclic) bond motifs is 2. The van der Waals surface area contributed by atoms with Gasteiger partial charge in [-0.15, -0.1) is 0 Å². The van der Waals surface area contributed by atoms with Crippen molar-refractivity contribution in [2.45, 2.75) is 64.0 Å². The van der Waals surface area contributed by atoms with Crippen molar-refractivity contribution >= 4 is 25.8 Å². The summed E-state index contributed by atoms with van der Waals surface area (Å²) in [5, 5.41) is -0.190. The van der Waals surface area contributed by atoms with Gasteiger partial charge in [0.1, 0.15) is 5.78 Å². The van der Waals surface area contributed by atoms with Gasteiger partial charge in [0.25, 0.3) is 0 Å². The number of sulfonamides is 2. The lowest BCUT2D eigenvalue weighted by Gasteiger charge is -2.36. The fourth-order valence-electron chi connectivity index (χ4n) is 5.67. The minimum absolute atomic E-state index is 0.109. The van der Waals surface area contributed by atoms with E-state index in [4.69, 9.17) is 0 Å². The number of ketones is 1. The maximum absolute atomic E-state index is 12.8. The summed E-state index contributed by atoms with van der Waals surface area (Å²) in [6, 6.07) is 0. The first kappa shape index (κ1) is 20.8. The van der Waals surface area contributed by atoms with Gasteiger partial charge in [-0.3, -0.25) is 4.79 Å². The van der Waals surface area contributed by atoms with Crippen LogP contribution in [0.25, 0.3) is 0 Å². The third-order valence-corrected chi connectivity index (χ3v) is 11.9. The van der Waals surface area contributed by atoms with Crippen molar-refractivity contribution in [2.24, 2.45) is 22.7 Å². The maximum Gasteiger partial charge on any atom is 0.216 e. The van der Waals surface area contributed by atoms with Crippen LogP contribution in [0, 0.1) is 22.7 Å². The van der Waals surface area contributed by atoms with Crippen LogP contribution in [0.2, 0.25) is 0 Å². The molecule has 2 bridgehead atoms. The van der Waals surface area contributed by atoms with Gasteiger partial charge >= 0.3 is 0 Å². The van der Waals surface area contributed by atoms with Crippen LogP contribution in [0.3, 0.4) is 0 Å². The molecule has 0 aromatic carbocycles. The van der Waals surface area contributed by atoms with E-state index in [2.05, 4.69) is 4.72 Å². The van der Waals surface area contributed by atoms with Gasteiger partial charge in [0.15, 0.2) is 0 Å². The Morgan fingerprint density at radius 3 is 2.18 bits per heavy atom. The molecular weight excluding hydrogens is 400 g/mol.